The number of imide groups is 2. The van der Waals surface area contributed by atoms with Crippen molar-refractivity contribution < 1.29 is 24.0 Å². The molecule has 2 aromatic rings. The lowest BCUT2D eigenvalue weighted by molar-refractivity contribution is -0.137. The molecule has 4 aliphatic rings. The zero-order valence-corrected chi connectivity index (χ0v) is 23.9. The van der Waals surface area contributed by atoms with E-state index < -0.39 is 29.7 Å². The fourth-order valence-corrected chi connectivity index (χ4v) is 6.88. The van der Waals surface area contributed by atoms with Crippen LogP contribution < -0.4 is 10.6 Å². The van der Waals surface area contributed by atoms with Crippen molar-refractivity contribution in [3.63, 3.8) is 0 Å². The molecule has 0 bridgehead atoms. The van der Waals surface area contributed by atoms with Crippen LogP contribution in [0.4, 0.5) is 5.69 Å². The van der Waals surface area contributed by atoms with Gasteiger partial charge < -0.3 is 10.2 Å². The Hall–Kier alpha value is -4.02. The standard InChI is InChI=1S/C30H36N6O5/c1-29(2)24(30(29,3)4)28(41)34-12-10-18(11-13-34)35-16-17(15-32-35)14-31-20-7-5-6-19-23(20)27(40)36(26(19)39)21-8-9-22(37)33-25(21)38/h5-7,15-16,18,21,24,31H,8-14H2,1-4H3,(H,33,37,38). The number of likely N-dealkylation sites (tertiary alicyclic amines) is 1. The van der Waals surface area contributed by atoms with Gasteiger partial charge in [-0.1, -0.05) is 33.8 Å². The third-order valence-corrected chi connectivity index (χ3v) is 10.0. The molecule has 4 heterocycles. The van der Waals surface area contributed by atoms with Crippen molar-refractivity contribution in [3.05, 3.63) is 47.3 Å². The van der Waals surface area contributed by atoms with Crippen LogP contribution in [0.15, 0.2) is 30.6 Å². The van der Waals surface area contributed by atoms with Gasteiger partial charge in [0.25, 0.3) is 11.8 Å². The van der Waals surface area contributed by atoms with Crippen LogP contribution in [0.2, 0.25) is 0 Å². The van der Waals surface area contributed by atoms with E-state index in [2.05, 4.69) is 43.4 Å². The van der Waals surface area contributed by atoms with Gasteiger partial charge in [-0.25, -0.2) is 0 Å². The number of hydrogen-bond donors (Lipinski definition) is 2. The molecular formula is C30H36N6O5. The van der Waals surface area contributed by atoms with E-state index in [0.717, 1.165) is 36.4 Å². The van der Waals surface area contributed by atoms with Gasteiger partial charge >= 0.3 is 0 Å². The average molecular weight is 561 g/mol. The first-order valence-corrected chi connectivity index (χ1v) is 14.3. The van der Waals surface area contributed by atoms with Crippen molar-refractivity contribution in [1.29, 1.82) is 0 Å². The second-order valence-electron chi connectivity index (χ2n) is 12.8. The molecule has 3 fully saturated rings. The Morgan fingerprint density at radius 2 is 1.73 bits per heavy atom. The maximum atomic E-state index is 13.3. The maximum absolute atomic E-state index is 13.3. The number of nitrogens with zero attached hydrogens (tertiary/aromatic N) is 4. The van der Waals surface area contributed by atoms with E-state index in [1.807, 2.05) is 15.8 Å². The Morgan fingerprint density at radius 1 is 1.02 bits per heavy atom. The summed E-state index contributed by atoms with van der Waals surface area (Å²) in [5, 5.41) is 10.1. The molecule has 6 rings (SSSR count). The first-order chi connectivity index (χ1) is 19.4. The molecule has 216 valence electrons. The first-order valence-electron chi connectivity index (χ1n) is 14.3. The number of nitrogens with one attached hydrogen (secondary N) is 2. The second kappa shape index (κ2) is 9.53. The molecule has 11 heteroatoms. The maximum Gasteiger partial charge on any atom is 0.264 e. The smallest absolute Gasteiger partial charge is 0.264 e. The summed E-state index contributed by atoms with van der Waals surface area (Å²) in [5.74, 6) is -1.77. The number of piperidine rings is 2. The molecule has 1 aromatic carbocycles. The number of rotatable bonds is 6. The van der Waals surface area contributed by atoms with Gasteiger partial charge in [-0.3, -0.25) is 38.9 Å². The molecular weight excluding hydrogens is 524 g/mol. The molecule has 2 saturated heterocycles. The SMILES string of the molecule is CC1(C)C(C(=O)N2CCC(n3cc(CNc4cccc5c4C(=O)N(C4CCC(=O)NC4=O)C5=O)cn3)CC2)C1(C)C. The number of hydrogen-bond acceptors (Lipinski definition) is 7. The van der Waals surface area contributed by atoms with Gasteiger partial charge in [0.15, 0.2) is 0 Å². The summed E-state index contributed by atoms with van der Waals surface area (Å²) in [6.45, 7) is 10.5. The van der Waals surface area contributed by atoms with E-state index in [1.54, 1.807) is 24.4 Å². The molecule has 0 radical (unpaired) electrons. The second-order valence-corrected chi connectivity index (χ2v) is 12.8. The molecule has 5 amide bonds. The molecule has 0 spiro atoms. The van der Waals surface area contributed by atoms with Crippen LogP contribution in [0.25, 0.3) is 0 Å². The molecule has 1 aliphatic carbocycles. The summed E-state index contributed by atoms with van der Waals surface area (Å²) in [4.78, 5) is 66.4. The molecule has 2 N–H and O–H groups in total. The lowest BCUT2D eigenvalue weighted by Gasteiger charge is -2.32. The van der Waals surface area contributed by atoms with Gasteiger partial charge in [0.1, 0.15) is 6.04 Å². The quantitative estimate of drug-likeness (QED) is 0.519. The Kier molecular flexibility index (Phi) is 6.31. The highest BCUT2D eigenvalue weighted by Gasteiger charge is 2.68. The summed E-state index contributed by atoms with van der Waals surface area (Å²) in [5.41, 5.74) is 1.95. The fourth-order valence-electron chi connectivity index (χ4n) is 6.88. The van der Waals surface area contributed by atoms with E-state index in [-0.39, 0.29) is 52.7 Å². The Bertz CT molecular complexity index is 1450. The van der Waals surface area contributed by atoms with Crippen LogP contribution >= 0.6 is 0 Å². The number of amides is 5. The zero-order chi connectivity index (χ0) is 29.3. The summed E-state index contributed by atoms with van der Waals surface area (Å²) < 4.78 is 1.96. The van der Waals surface area contributed by atoms with Crippen LogP contribution in [-0.2, 0) is 20.9 Å². The van der Waals surface area contributed by atoms with Gasteiger partial charge in [-0.2, -0.15) is 5.10 Å². The number of carbonyl (C=O) groups is 5. The van der Waals surface area contributed by atoms with Gasteiger partial charge in [0, 0.05) is 49.4 Å². The molecule has 1 atom stereocenters. The van der Waals surface area contributed by atoms with Crippen LogP contribution in [0.5, 0.6) is 0 Å². The topological polar surface area (TPSA) is 134 Å². The van der Waals surface area contributed by atoms with Crippen molar-refractivity contribution >= 4 is 35.2 Å². The number of anilines is 1. The summed E-state index contributed by atoms with van der Waals surface area (Å²) in [6, 6.07) is 4.21. The highest BCUT2D eigenvalue weighted by Crippen LogP contribution is 2.68. The van der Waals surface area contributed by atoms with Crippen molar-refractivity contribution in [3.8, 4) is 0 Å². The monoisotopic (exact) mass is 560 g/mol. The lowest BCUT2D eigenvalue weighted by Crippen LogP contribution is -2.54. The summed E-state index contributed by atoms with van der Waals surface area (Å²) in [7, 11) is 0. The highest BCUT2D eigenvalue weighted by atomic mass is 16.2. The Labute approximate surface area is 238 Å². The minimum Gasteiger partial charge on any atom is -0.380 e. The molecule has 1 aromatic heterocycles. The van der Waals surface area contributed by atoms with Crippen molar-refractivity contribution in [2.75, 3.05) is 18.4 Å². The summed E-state index contributed by atoms with van der Waals surface area (Å²) in [6.07, 6.45) is 5.63. The Balaban J connectivity index is 1.08. The van der Waals surface area contributed by atoms with Gasteiger partial charge in [0.2, 0.25) is 17.7 Å². The van der Waals surface area contributed by atoms with Crippen molar-refractivity contribution in [2.45, 2.75) is 72.0 Å². The average Bonchev–Trinajstić information content (AvgIpc) is 3.28. The first kappa shape index (κ1) is 27.2. The zero-order valence-electron chi connectivity index (χ0n) is 23.9. The predicted molar refractivity (Wildman–Crippen MR) is 149 cm³/mol. The Morgan fingerprint density at radius 3 is 2.39 bits per heavy atom. The molecule has 11 nitrogen and oxygen atoms in total. The fraction of sp³-hybridized carbons (Fsp3) is 0.533. The normalized spacial score (nSPS) is 24.0. The van der Waals surface area contributed by atoms with E-state index in [4.69, 9.17) is 0 Å². The van der Waals surface area contributed by atoms with Gasteiger partial charge in [0.05, 0.1) is 23.4 Å². The lowest BCUT2D eigenvalue weighted by atomic mass is 10.0. The minimum atomic E-state index is -1.00. The van der Waals surface area contributed by atoms with Crippen LogP contribution in [-0.4, -0.2) is 68.2 Å². The summed E-state index contributed by atoms with van der Waals surface area (Å²) >= 11 is 0. The van der Waals surface area contributed by atoms with E-state index in [0.29, 0.717) is 12.2 Å². The van der Waals surface area contributed by atoms with Gasteiger partial charge in [-0.05, 0) is 42.2 Å². The molecule has 41 heavy (non-hydrogen) atoms. The van der Waals surface area contributed by atoms with Crippen LogP contribution in [0.1, 0.15) is 85.7 Å². The highest BCUT2D eigenvalue weighted by molar-refractivity contribution is 6.25. The molecule has 1 saturated carbocycles. The van der Waals surface area contributed by atoms with E-state index >= 15 is 0 Å². The number of benzene rings is 1. The number of fused-ring (bicyclic) bond motifs is 1. The predicted octanol–water partition coefficient (Wildman–Crippen LogP) is 2.74. The third kappa shape index (κ3) is 4.33. The minimum absolute atomic E-state index is 0.0326. The molecule has 3 aliphatic heterocycles. The van der Waals surface area contributed by atoms with Gasteiger partial charge in [-0.15, -0.1) is 0 Å². The van der Waals surface area contributed by atoms with Crippen LogP contribution in [0, 0.1) is 16.7 Å². The molecule has 1 unspecified atom stereocenters. The van der Waals surface area contributed by atoms with Crippen molar-refractivity contribution in [2.24, 2.45) is 16.7 Å². The number of aromatic nitrogens is 2. The number of carbonyl (C=O) groups excluding carboxylic acids is 5. The van der Waals surface area contributed by atoms with Crippen LogP contribution in [0.3, 0.4) is 0 Å². The largest absolute Gasteiger partial charge is 0.380 e. The van der Waals surface area contributed by atoms with E-state index in [9.17, 15) is 24.0 Å². The third-order valence-electron chi connectivity index (χ3n) is 10.0. The van der Waals surface area contributed by atoms with E-state index in [1.165, 1.54) is 0 Å². The van der Waals surface area contributed by atoms with Crippen molar-refractivity contribution in [1.82, 2.24) is 24.9 Å².